The zero-order chi connectivity index (χ0) is 17.7. The Morgan fingerprint density at radius 2 is 1.88 bits per heavy atom. The smallest absolute Gasteiger partial charge is 0.251 e. The standard InChI is InChI=1S/C17H22Cl2N2O3/c1-11(2)9-15(17(23)21-5-7-24-8-6-21)20-16(22)12-3-4-13(18)14(19)10-12/h3-4,10-11,15H,5-9H2,1-2H3,(H,20,22)/t15-/m1/s1. The number of hydrogen-bond donors (Lipinski definition) is 1. The lowest BCUT2D eigenvalue weighted by molar-refractivity contribution is -0.137. The van der Waals surface area contributed by atoms with Gasteiger partial charge in [-0.3, -0.25) is 9.59 Å². The van der Waals surface area contributed by atoms with Gasteiger partial charge in [0.05, 0.1) is 23.3 Å². The maximum atomic E-state index is 12.7. The number of carbonyl (C=O) groups is 2. The molecule has 0 unspecified atom stereocenters. The van der Waals surface area contributed by atoms with E-state index in [1.54, 1.807) is 17.0 Å². The van der Waals surface area contributed by atoms with Crippen molar-refractivity contribution in [2.75, 3.05) is 26.3 Å². The second-order valence-corrected chi connectivity index (χ2v) is 7.04. The molecule has 1 aromatic rings. The van der Waals surface area contributed by atoms with Crippen LogP contribution in [0, 0.1) is 5.92 Å². The third-order valence-electron chi connectivity index (χ3n) is 3.82. The van der Waals surface area contributed by atoms with Gasteiger partial charge in [-0.25, -0.2) is 0 Å². The normalized spacial score (nSPS) is 16.1. The molecule has 0 saturated carbocycles. The lowest BCUT2D eigenvalue weighted by atomic mass is 10.0. The summed E-state index contributed by atoms with van der Waals surface area (Å²) in [5.74, 6) is -0.129. The van der Waals surface area contributed by atoms with Crippen molar-refractivity contribution < 1.29 is 14.3 Å². The molecular weight excluding hydrogens is 351 g/mol. The molecule has 1 atom stereocenters. The highest BCUT2D eigenvalue weighted by Gasteiger charge is 2.28. The van der Waals surface area contributed by atoms with Crippen LogP contribution in [0.25, 0.3) is 0 Å². The first-order chi connectivity index (χ1) is 11.4. The monoisotopic (exact) mass is 372 g/mol. The highest BCUT2D eigenvalue weighted by atomic mass is 35.5. The molecule has 2 amide bonds. The minimum absolute atomic E-state index is 0.0691. The van der Waals surface area contributed by atoms with E-state index in [1.807, 2.05) is 13.8 Å². The highest BCUT2D eigenvalue weighted by molar-refractivity contribution is 6.42. The Labute approximate surface area is 152 Å². The number of hydrogen-bond acceptors (Lipinski definition) is 3. The molecule has 7 heteroatoms. The van der Waals surface area contributed by atoms with Gasteiger partial charge in [-0.1, -0.05) is 37.0 Å². The second-order valence-electron chi connectivity index (χ2n) is 6.22. The van der Waals surface area contributed by atoms with Gasteiger partial charge in [-0.05, 0) is 30.5 Å². The summed E-state index contributed by atoms with van der Waals surface area (Å²) in [5, 5.41) is 3.53. The van der Waals surface area contributed by atoms with Crippen molar-refractivity contribution in [1.29, 1.82) is 0 Å². The molecule has 1 aliphatic heterocycles. The van der Waals surface area contributed by atoms with Crippen LogP contribution in [-0.2, 0) is 9.53 Å². The van der Waals surface area contributed by atoms with Crippen molar-refractivity contribution >= 4 is 35.0 Å². The third kappa shape index (κ3) is 5.10. The molecule has 2 rings (SSSR count). The number of nitrogens with one attached hydrogen (secondary N) is 1. The fourth-order valence-electron chi connectivity index (χ4n) is 2.58. The minimum Gasteiger partial charge on any atom is -0.378 e. The van der Waals surface area contributed by atoms with Crippen LogP contribution in [0.3, 0.4) is 0 Å². The molecular formula is C17H22Cl2N2O3. The topological polar surface area (TPSA) is 58.6 Å². The van der Waals surface area contributed by atoms with E-state index in [-0.39, 0.29) is 17.7 Å². The molecule has 0 bridgehead atoms. The highest BCUT2D eigenvalue weighted by Crippen LogP contribution is 2.22. The van der Waals surface area contributed by atoms with Gasteiger partial charge in [0, 0.05) is 18.7 Å². The lowest BCUT2D eigenvalue weighted by Gasteiger charge is -2.31. The Morgan fingerprint density at radius 3 is 2.46 bits per heavy atom. The van der Waals surface area contributed by atoms with E-state index in [0.717, 1.165) is 0 Å². The predicted molar refractivity (Wildman–Crippen MR) is 94.6 cm³/mol. The van der Waals surface area contributed by atoms with Crippen LogP contribution in [0.2, 0.25) is 10.0 Å². The van der Waals surface area contributed by atoms with Gasteiger partial charge in [-0.15, -0.1) is 0 Å². The van der Waals surface area contributed by atoms with E-state index < -0.39 is 6.04 Å². The Kier molecular flexibility index (Phi) is 6.90. The number of halogens is 2. The van der Waals surface area contributed by atoms with Crippen molar-refractivity contribution in [3.05, 3.63) is 33.8 Å². The summed E-state index contributed by atoms with van der Waals surface area (Å²) in [6, 6.07) is 4.10. The average Bonchev–Trinajstić information content (AvgIpc) is 2.56. The summed E-state index contributed by atoms with van der Waals surface area (Å²) in [6.45, 7) is 6.20. The van der Waals surface area contributed by atoms with Crippen LogP contribution in [0.4, 0.5) is 0 Å². The summed E-state index contributed by atoms with van der Waals surface area (Å²) in [6.07, 6.45) is 0.573. The Morgan fingerprint density at radius 1 is 1.21 bits per heavy atom. The number of benzene rings is 1. The zero-order valence-corrected chi connectivity index (χ0v) is 15.4. The lowest BCUT2D eigenvalue weighted by Crippen LogP contribution is -2.52. The first-order valence-corrected chi connectivity index (χ1v) is 8.76. The number of amides is 2. The van der Waals surface area contributed by atoms with Crippen molar-refractivity contribution in [2.24, 2.45) is 5.92 Å². The van der Waals surface area contributed by atoms with E-state index in [1.165, 1.54) is 6.07 Å². The minimum atomic E-state index is -0.565. The van der Waals surface area contributed by atoms with E-state index in [4.69, 9.17) is 27.9 Å². The second kappa shape index (κ2) is 8.70. The summed E-state index contributed by atoms with van der Waals surface area (Å²) in [5.41, 5.74) is 0.382. The van der Waals surface area contributed by atoms with Crippen LogP contribution in [0.15, 0.2) is 18.2 Å². The summed E-state index contributed by atoms with van der Waals surface area (Å²) in [7, 11) is 0. The number of carbonyl (C=O) groups excluding carboxylic acids is 2. The van der Waals surface area contributed by atoms with Crippen LogP contribution < -0.4 is 5.32 Å². The molecule has 0 radical (unpaired) electrons. The third-order valence-corrected chi connectivity index (χ3v) is 4.55. The van der Waals surface area contributed by atoms with E-state index in [2.05, 4.69) is 5.32 Å². The molecule has 0 aliphatic carbocycles. The number of nitrogens with zero attached hydrogens (tertiary/aromatic N) is 1. The molecule has 1 N–H and O–H groups in total. The van der Waals surface area contributed by atoms with Crippen LogP contribution in [-0.4, -0.2) is 49.1 Å². The molecule has 1 heterocycles. The Hall–Kier alpha value is -1.30. The number of ether oxygens (including phenoxy) is 1. The predicted octanol–water partition coefficient (Wildman–Crippen LogP) is 3.00. The molecule has 0 aromatic heterocycles. The van der Waals surface area contributed by atoms with Gasteiger partial charge < -0.3 is 15.0 Å². The van der Waals surface area contributed by atoms with Gasteiger partial charge in [0.2, 0.25) is 5.91 Å². The molecule has 5 nitrogen and oxygen atoms in total. The summed E-state index contributed by atoms with van der Waals surface area (Å²) in [4.78, 5) is 27.0. The first kappa shape index (κ1) is 19.0. The fourth-order valence-corrected chi connectivity index (χ4v) is 2.87. The number of morpholine rings is 1. The maximum absolute atomic E-state index is 12.7. The zero-order valence-electron chi connectivity index (χ0n) is 13.9. The summed E-state index contributed by atoms with van der Waals surface area (Å²) < 4.78 is 5.28. The van der Waals surface area contributed by atoms with Crippen LogP contribution in [0.5, 0.6) is 0 Å². The fraction of sp³-hybridized carbons (Fsp3) is 0.529. The van der Waals surface area contributed by atoms with Crippen molar-refractivity contribution in [3.8, 4) is 0 Å². The average molecular weight is 373 g/mol. The van der Waals surface area contributed by atoms with E-state index in [0.29, 0.717) is 48.3 Å². The molecule has 1 aliphatic rings. The molecule has 132 valence electrons. The van der Waals surface area contributed by atoms with Crippen LogP contribution >= 0.6 is 23.2 Å². The SMILES string of the molecule is CC(C)C[C@@H](NC(=O)c1ccc(Cl)c(Cl)c1)C(=O)N1CCOCC1. The van der Waals surface area contributed by atoms with E-state index >= 15 is 0 Å². The van der Waals surface area contributed by atoms with Gasteiger partial charge in [0.15, 0.2) is 0 Å². The van der Waals surface area contributed by atoms with Gasteiger partial charge in [0.25, 0.3) is 5.91 Å². The van der Waals surface area contributed by atoms with Crippen molar-refractivity contribution in [3.63, 3.8) is 0 Å². The van der Waals surface area contributed by atoms with Crippen LogP contribution in [0.1, 0.15) is 30.6 Å². The maximum Gasteiger partial charge on any atom is 0.251 e. The molecule has 0 spiro atoms. The molecule has 1 aromatic carbocycles. The molecule has 1 saturated heterocycles. The number of rotatable bonds is 5. The molecule has 1 fully saturated rings. The van der Waals surface area contributed by atoms with Gasteiger partial charge in [0.1, 0.15) is 6.04 Å². The van der Waals surface area contributed by atoms with Crippen molar-refractivity contribution in [2.45, 2.75) is 26.3 Å². The van der Waals surface area contributed by atoms with Gasteiger partial charge >= 0.3 is 0 Å². The molecule has 24 heavy (non-hydrogen) atoms. The van der Waals surface area contributed by atoms with Crippen molar-refractivity contribution in [1.82, 2.24) is 10.2 Å². The van der Waals surface area contributed by atoms with Gasteiger partial charge in [-0.2, -0.15) is 0 Å². The Bertz CT molecular complexity index is 601. The Balaban J connectivity index is 2.10. The quantitative estimate of drug-likeness (QED) is 0.863. The first-order valence-electron chi connectivity index (χ1n) is 8.01. The summed E-state index contributed by atoms with van der Waals surface area (Å²) >= 11 is 11.8. The van der Waals surface area contributed by atoms with E-state index in [9.17, 15) is 9.59 Å². The largest absolute Gasteiger partial charge is 0.378 e.